The Morgan fingerprint density at radius 2 is 1.56 bits per heavy atom. The number of halogens is 2. The molecule has 292 valence electrons. The molecule has 1 aromatic heterocycles. The number of amides is 4. The van der Waals surface area contributed by atoms with Gasteiger partial charge in [0.25, 0.3) is 5.91 Å². The van der Waals surface area contributed by atoms with Crippen LogP contribution >= 0.6 is 34.5 Å². The van der Waals surface area contributed by atoms with E-state index in [-0.39, 0.29) is 57.2 Å². The van der Waals surface area contributed by atoms with E-state index >= 15 is 0 Å². The molecule has 3 N–H and O–H groups in total. The third-order valence-corrected chi connectivity index (χ3v) is 11.6. The summed E-state index contributed by atoms with van der Waals surface area (Å²) in [5, 5.41) is 16.6. The molecule has 55 heavy (non-hydrogen) atoms. The molecule has 0 bridgehead atoms. The zero-order chi connectivity index (χ0) is 39.1. The van der Waals surface area contributed by atoms with E-state index in [9.17, 15) is 33.9 Å². The van der Waals surface area contributed by atoms with Gasteiger partial charge in [-0.05, 0) is 47.7 Å². The molecule has 4 aliphatic heterocycles. The van der Waals surface area contributed by atoms with E-state index < -0.39 is 78.6 Å². The highest BCUT2D eigenvalue weighted by molar-refractivity contribution is 7.20. The number of thiophene rings is 1. The summed E-state index contributed by atoms with van der Waals surface area (Å²) >= 11 is 13.3. The first-order valence-electron chi connectivity index (χ1n) is 17.3. The second-order valence-electron chi connectivity index (χ2n) is 13.7. The van der Waals surface area contributed by atoms with Crippen molar-refractivity contribution >= 4 is 80.2 Å². The van der Waals surface area contributed by atoms with Gasteiger partial charge in [0.1, 0.15) is 18.7 Å². The number of nitrogens with zero attached hydrogens (tertiary/aromatic N) is 2. The van der Waals surface area contributed by atoms with Crippen molar-refractivity contribution in [2.24, 2.45) is 0 Å². The van der Waals surface area contributed by atoms with Crippen LogP contribution in [0, 0.1) is 6.92 Å². The van der Waals surface area contributed by atoms with E-state index in [2.05, 4.69) is 10.6 Å². The quantitative estimate of drug-likeness (QED) is 0.253. The average molecular weight is 820 g/mol. The Labute approximate surface area is 327 Å². The van der Waals surface area contributed by atoms with Gasteiger partial charge >= 0.3 is 11.9 Å². The summed E-state index contributed by atoms with van der Waals surface area (Å²) in [6.45, 7) is 0.841. The molecule has 2 spiro atoms. The number of benzene rings is 2. The van der Waals surface area contributed by atoms with Gasteiger partial charge in [-0.3, -0.25) is 19.2 Å². The first-order chi connectivity index (χ1) is 26.2. The fourth-order valence-electron chi connectivity index (χ4n) is 7.09. The molecule has 4 atom stereocenters. The summed E-state index contributed by atoms with van der Waals surface area (Å²) in [6, 6.07) is 9.73. The van der Waals surface area contributed by atoms with Crippen LogP contribution in [-0.4, -0.2) is 126 Å². The number of hydrogen-bond donors (Lipinski definition) is 3. The number of carboxylic acid groups (broad SMARTS) is 1. The highest BCUT2D eigenvalue weighted by atomic mass is 35.5. The number of carbonyl (C=O) groups is 6. The molecule has 4 aliphatic rings. The summed E-state index contributed by atoms with van der Waals surface area (Å²) in [7, 11) is 0. The molecule has 7 rings (SSSR count). The van der Waals surface area contributed by atoms with Crippen LogP contribution in [0.25, 0.3) is 10.1 Å². The summed E-state index contributed by atoms with van der Waals surface area (Å²) in [4.78, 5) is 80.7. The third-order valence-electron chi connectivity index (χ3n) is 9.76. The number of fused-ring (bicyclic) bond motifs is 1. The number of rotatable bonds is 10. The summed E-state index contributed by atoms with van der Waals surface area (Å²) in [5.41, 5.74) is 1.63. The molecule has 0 radical (unpaired) electrons. The molecule has 3 aromatic rings. The summed E-state index contributed by atoms with van der Waals surface area (Å²) in [6.07, 6.45) is -1.70. The van der Waals surface area contributed by atoms with E-state index in [1.54, 1.807) is 24.3 Å². The Morgan fingerprint density at radius 1 is 0.873 bits per heavy atom. The molecule has 0 saturated carbocycles. The number of carbonyl (C=O) groups excluding carboxylic acids is 5. The molecule has 2 aromatic carbocycles. The van der Waals surface area contributed by atoms with Crippen molar-refractivity contribution in [3.63, 3.8) is 0 Å². The Hall–Kier alpha value is -4.36. The first kappa shape index (κ1) is 38.9. The van der Waals surface area contributed by atoms with Gasteiger partial charge in [-0.25, -0.2) is 9.59 Å². The number of esters is 1. The largest absolute Gasteiger partial charge is 0.480 e. The topological polar surface area (TPSA) is 199 Å². The van der Waals surface area contributed by atoms with Crippen LogP contribution in [0.4, 0.5) is 0 Å². The molecule has 19 heteroatoms. The fraction of sp³-hybridized carbons (Fsp3) is 0.444. The van der Waals surface area contributed by atoms with Crippen molar-refractivity contribution in [3.05, 3.63) is 68.5 Å². The number of likely N-dealkylation sites (tertiary alicyclic amines) is 2. The zero-order valence-electron chi connectivity index (χ0n) is 29.3. The highest BCUT2D eigenvalue weighted by Gasteiger charge is 2.57. The molecule has 0 aliphatic carbocycles. The second kappa shape index (κ2) is 15.6. The molecule has 4 fully saturated rings. The summed E-state index contributed by atoms with van der Waals surface area (Å²) in [5.74, 6) is -7.24. The van der Waals surface area contributed by atoms with Crippen molar-refractivity contribution < 1.29 is 57.6 Å². The van der Waals surface area contributed by atoms with Crippen LogP contribution in [0.3, 0.4) is 0 Å². The SMILES string of the molecule is Cc1ccc2cc(C(=O)NCC(=O)N3CC4(C[C@H]3C(=O)O)OCC(OC(=O)[C@@H]3CC5(CN3C(=O)CNC(=O)Cc3ccc(Cl)c(Cl)c3)OCCO5)O4)sc2c1. The maximum Gasteiger partial charge on any atom is 0.331 e. The van der Waals surface area contributed by atoms with Crippen LogP contribution < -0.4 is 10.6 Å². The molecule has 4 saturated heterocycles. The van der Waals surface area contributed by atoms with Gasteiger partial charge < -0.3 is 49.2 Å². The minimum absolute atomic E-state index is 0.0518. The number of aliphatic carboxylic acids is 1. The van der Waals surface area contributed by atoms with Crippen molar-refractivity contribution in [2.75, 3.05) is 46.0 Å². The predicted octanol–water partition coefficient (Wildman–Crippen LogP) is 2.25. The molecular formula is C36H36Cl2N4O12S. The third kappa shape index (κ3) is 8.42. The van der Waals surface area contributed by atoms with E-state index in [0.29, 0.717) is 15.5 Å². The van der Waals surface area contributed by atoms with Crippen LogP contribution in [-0.2, 0) is 54.1 Å². The van der Waals surface area contributed by atoms with Crippen LogP contribution in [0.1, 0.15) is 33.6 Å². The van der Waals surface area contributed by atoms with Crippen molar-refractivity contribution in [2.45, 2.75) is 56.1 Å². The van der Waals surface area contributed by atoms with Gasteiger partial charge in [-0.2, -0.15) is 0 Å². The molecule has 16 nitrogen and oxygen atoms in total. The fourth-order valence-corrected chi connectivity index (χ4v) is 8.49. The van der Waals surface area contributed by atoms with Crippen molar-refractivity contribution in [3.8, 4) is 0 Å². The minimum Gasteiger partial charge on any atom is -0.480 e. The lowest BCUT2D eigenvalue weighted by molar-refractivity contribution is -0.209. The molecular weight excluding hydrogens is 783 g/mol. The second-order valence-corrected chi connectivity index (χ2v) is 15.6. The lowest BCUT2D eigenvalue weighted by Crippen LogP contribution is -2.47. The van der Waals surface area contributed by atoms with Crippen molar-refractivity contribution in [1.29, 1.82) is 0 Å². The number of ether oxygens (including phenoxy) is 5. The summed E-state index contributed by atoms with van der Waals surface area (Å²) < 4.78 is 29.9. The Morgan fingerprint density at radius 3 is 2.29 bits per heavy atom. The van der Waals surface area contributed by atoms with Gasteiger partial charge in [0, 0.05) is 17.5 Å². The van der Waals surface area contributed by atoms with E-state index in [4.69, 9.17) is 46.9 Å². The monoisotopic (exact) mass is 818 g/mol. The Kier molecular flexibility index (Phi) is 11.1. The van der Waals surface area contributed by atoms with Gasteiger partial charge in [0.2, 0.25) is 24.0 Å². The molecule has 5 heterocycles. The van der Waals surface area contributed by atoms with Crippen LogP contribution in [0.5, 0.6) is 0 Å². The van der Waals surface area contributed by atoms with E-state index in [1.165, 1.54) is 16.2 Å². The lowest BCUT2D eigenvalue weighted by atomic mass is 10.1. The highest BCUT2D eigenvalue weighted by Crippen LogP contribution is 2.39. The standard InChI is InChI=1S/C36H36Cl2N4O12S/c1-19-2-4-21-11-27(55-26(21)8-19)32(46)40-15-30(45)41-18-36(12-24(41)33(47)48)52-16-31(54-36)53-34(49)25-13-35(50-6-7-51-35)17-42(25)29(44)14-39-28(43)10-20-3-5-22(37)23(38)9-20/h2-5,8-9,11,24-25,31H,6-7,10,12-18H2,1H3,(H,39,43)(H,40,46)(H,47,48)/t24-,25-,31?,36?/m0/s1. The number of nitrogens with one attached hydrogen (secondary N) is 2. The lowest BCUT2D eigenvalue weighted by Gasteiger charge is -2.25. The number of hydrogen-bond acceptors (Lipinski definition) is 12. The van der Waals surface area contributed by atoms with E-state index in [0.717, 1.165) is 20.5 Å². The maximum absolute atomic E-state index is 13.6. The molecule has 2 unspecified atom stereocenters. The zero-order valence-corrected chi connectivity index (χ0v) is 31.7. The van der Waals surface area contributed by atoms with Crippen molar-refractivity contribution in [1.82, 2.24) is 20.4 Å². The van der Waals surface area contributed by atoms with Gasteiger partial charge in [0.05, 0.1) is 60.7 Å². The molecule has 4 amide bonds. The van der Waals surface area contributed by atoms with Crippen LogP contribution in [0.2, 0.25) is 10.0 Å². The van der Waals surface area contributed by atoms with Gasteiger partial charge in [-0.1, -0.05) is 41.4 Å². The van der Waals surface area contributed by atoms with Gasteiger partial charge in [0.15, 0.2) is 11.6 Å². The Balaban J connectivity index is 0.948. The normalized spacial score (nSPS) is 24.2. The number of aryl methyl sites for hydroxylation is 1. The smallest absolute Gasteiger partial charge is 0.331 e. The number of carboxylic acids is 1. The average Bonchev–Trinajstić information content (AvgIpc) is 3.99. The minimum atomic E-state index is -1.61. The maximum atomic E-state index is 13.6. The van der Waals surface area contributed by atoms with E-state index in [1.807, 2.05) is 25.1 Å². The van der Waals surface area contributed by atoms with Gasteiger partial charge in [-0.15, -0.1) is 11.3 Å². The Bertz CT molecular complexity index is 2060. The predicted molar refractivity (Wildman–Crippen MR) is 194 cm³/mol. The first-order valence-corrected chi connectivity index (χ1v) is 18.9. The van der Waals surface area contributed by atoms with Crippen LogP contribution in [0.15, 0.2) is 42.5 Å².